The number of amides is 1. The minimum absolute atomic E-state index is 0.000423. The number of rotatable bonds is 3. The molecule has 4 nitrogen and oxygen atoms in total. The minimum Gasteiger partial charge on any atom is -0.508 e. The van der Waals surface area contributed by atoms with Crippen molar-refractivity contribution in [2.24, 2.45) is 11.3 Å². The summed E-state index contributed by atoms with van der Waals surface area (Å²) in [7, 11) is 0. The van der Waals surface area contributed by atoms with Gasteiger partial charge in [0, 0.05) is 24.0 Å². The molecule has 3 rings (SSSR count). The lowest BCUT2D eigenvalue weighted by atomic mass is 9.55. The second kappa shape index (κ2) is 5.34. The Balaban J connectivity index is 1.62. The molecule has 1 aromatic rings. The molecule has 114 valence electrons. The Labute approximate surface area is 125 Å². The fourth-order valence-corrected chi connectivity index (χ4v) is 3.89. The van der Waals surface area contributed by atoms with Crippen LogP contribution >= 0.6 is 0 Å². The van der Waals surface area contributed by atoms with Crippen LogP contribution in [0, 0.1) is 11.3 Å². The van der Waals surface area contributed by atoms with Gasteiger partial charge in [-0.25, -0.2) is 0 Å². The summed E-state index contributed by atoms with van der Waals surface area (Å²) in [5.74, 6) is 0.662. The number of phenolic OH excluding ortho intramolecular Hbond substituents is 1. The molecular formula is C17H23NO3. The molecule has 1 amide bonds. The average Bonchev–Trinajstić information content (AvgIpc) is 2.45. The highest BCUT2D eigenvalue weighted by Gasteiger charge is 2.58. The first-order valence-electron chi connectivity index (χ1n) is 7.67. The molecule has 0 unspecified atom stereocenters. The van der Waals surface area contributed by atoms with Gasteiger partial charge in [0.15, 0.2) is 0 Å². The fraction of sp³-hybridized carbons (Fsp3) is 0.588. The van der Waals surface area contributed by atoms with E-state index in [-0.39, 0.29) is 29.2 Å². The van der Waals surface area contributed by atoms with Crippen LogP contribution in [0.2, 0.25) is 0 Å². The van der Waals surface area contributed by atoms with Crippen LogP contribution in [0.3, 0.4) is 0 Å². The zero-order chi connectivity index (χ0) is 15.0. The smallest absolute Gasteiger partial charge is 0.224 e. The number of hydrogen-bond acceptors (Lipinski definition) is 3. The van der Waals surface area contributed by atoms with Gasteiger partial charge in [-0.15, -0.1) is 0 Å². The zero-order valence-corrected chi connectivity index (χ0v) is 12.6. The predicted octanol–water partition coefficient (Wildman–Crippen LogP) is 2.25. The van der Waals surface area contributed by atoms with Crippen LogP contribution < -0.4 is 5.32 Å². The molecule has 1 aromatic carbocycles. The lowest BCUT2D eigenvalue weighted by Crippen LogP contribution is -2.70. The van der Waals surface area contributed by atoms with E-state index in [0.717, 1.165) is 25.0 Å². The first kappa shape index (κ1) is 14.4. The Morgan fingerprint density at radius 3 is 3.05 bits per heavy atom. The van der Waals surface area contributed by atoms with E-state index < -0.39 is 0 Å². The van der Waals surface area contributed by atoms with Crippen molar-refractivity contribution in [3.05, 3.63) is 29.8 Å². The Hall–Kier alpha value is -1.55. The second-order valence-electron chi connectivity index (χ2n) is 6.81. The normalized spacial score (nSPS) is 30.1. The number of fused-ring (bicyclic) bond motifs is 1. The highest BCUT2D eigenvalue weighted by atomic mass is 16.5. The molecule has 1 saturated heterocycles. The highest BCUT2D eigenvalue weighted by Crippen LogP contribution is 2.51. The first-order valence-corrected chi connectivity index (χ1v) is 7.67. The topological polar surface area (TPSA) is 58.6 Å². The van der Waals surface area contributed by atoms with E-state index in [1.807, 2.05) is 6.07 Å². The molecule has 0 spiro atoms. The monoisotopic (exact) mass is 289 g/mol. The van der Waals surface area contributed by atoms with E-state index in [0.29, 0.717) is 12.3 Å². The van der Waals surface area contributed by atoms with Crippen LogP contribution in [0.5, 0.6) is 5.75 Å². The third kappa shape index (κ3) is 2.64. The number of aromatic hydroxyl groups is 1. The summed E-state index contributed by atoms with van der Waals surface area (Å²) in [6.45, 7) is 5.17. The molecular weight excluding hydrogens is 266 g/mol. The number of carbonyl (C=O) groups excluding carboxylic acids is 1. The predicted molar refractivity (Wildman–Crippen MR) is 80.0 cm³/mol. The van der Waals surface area contributed by atoms with Crippen LogP contribution in [-0.4, -0.2) is 29.8 Å². The third-order valence-corrected chi connectivity index (χ3v) is 4.92. The SMILES string of the molecule is CC1(C)[C@H](NC(=O)Cc2cccc(O)c2)[C@H]2CCCO[C@@H]21. The summed E-state index contributed by atoms with van der Waals surface area (Å²) < 4.78 is 5.85. The van der Waals surface area contributed by atoms with Crippen LogP contribution in [0.1, 0.15) is 32.3 Å². The lowest BCUT2D eigenvalue weighted by molar-refractivity contribution is -0.193. The molecule has 21 heavy (non-hydrogen) atoms. The summed E-state index contributed by atoms with van der Waals surface area (Å²) in [6.07, 6.45) is 2.79. The summed E-state index contributed by atoms with van der Waals surface area (Å²) in [5, 5.41) is 12.6. The van der Waals surface area contributed by atoms with Gasteiger partial charge in [0.05, 0.1) is 12.5 Å². The van der Waals surface area contributed by atoms with Crippen LogP contribution in [0.4, 0.5) is 0 Å². The second-order valence-corrected chi connectivity index (χ2v) is 6.81. The van der Waals surface area contributed by atoms with Crippen molar-refractivity contribution in [3.63, 3.8) is 0 Å². The van der Waals surface area contributed by atoms with Gasteiger partial charge in [-0.1, -0.05) is 26.0 Å². The number of nitrogens with one attached hydrogen (secondary N) is 1. The molecule has 1 aliphatic carbocycles. The van der Waals surface area contributed by atoms with Gasteiger partial charge in [0.2, 0.25) is 5.91 Å². The van der Waals surface area contributed by atoms with Crippen LogP contribution in [-0.2, 0) is 16.0 Å². The largest absolute Gasteiger partial charge is 0.508 e. The molecule has 4 heteroatoms. The van der Waals surface area contributed by atoms with Crippen molar-refractivity contribution in [1.29, 1.82) is 0 Å². The maximum Gasteiger partial charge on any atom is 0.224 e. The number of phenols is 1. The third-order valence-electron chi connectivity index (χ3n) is 4.92. The Kier molecular flexibility index (Phi) is 3.66. The number of hydrogen-bond donors (Lipinski definition) is 2. The summed E-state index contributed by atoms with van der Waals surface area (Å²) in [6, 6.07) is 7.06. The molecule has 1 heterocycles. The number of carbonyl (C=O) groups is 1. The van der Waals surface area contributed by atoms with Crippen molar-refractivity contribution in [1.82, 2.24) is 5.32 Å². The molecule has 0 radical (unpaired) electrons. The minimum atomic E-state index is -0.000423. The quantitative estimate of drug-likeness (QED) is 0.897. The number of benzene rings is 1. The Morgan fingerprint density at radius 2 is 2.29 bits per heavy atom. The average molecular weight is 289 g/mol. The van der Waals surface area contributed by atoms with Gasteiger partial charge in [0.25, 0.3) is 0 Å². The van der Waals surface area contributed by atoms with Gasteiger partial charge >= 0.3 is 0 Å². The van der Waals surface area contributed by atoms with Crippen molar-refractivity contribution in [2.45, 2.75) is 45.3 Å². The van der Waals surface area contributed by atoms with Crippen molar-refractivity contribution >= 4 is 5.91 Å². The molecule has 2 aliphatic rings. The molecule has 2 fully saturated rings. The first-order chi connectivity index (χ1) is 9.98. The summed E-state index contributed by atoms with van der Waals surface area (Å²) >= 11 is 0. The van der Waals surface area contributed by atoms with Crippen molar-refractivity contribution in [3.8, 4) is 5.75 Å². The van der Waals surface area contributed by atoms with E-state index in [9.17, 15) is 9.90 Å². The molecule has 1 saturated carbocycles. The van der Waals surface area contributed by atoms with E-state index >= 15 is 0 Å². The fourth-order valence-electron chi connectivity index (χ4n) is 3.89. The number of ether oxygens (including phenoxy) is 1. The lowest BCUT2D eigenvalue weighted by Gasteiger charge is -2.59. The van der Waals surface area contributed by atoms with Crippen LogP contribution in [0.25, 0.3) is 0 Å². The van der Waals surface area contributed by atoms with Crippen molar-refractivity contribution in [2.75, 3.05) is 6.61 Å². The molecule has 0 aromatic heterocycles. The zero-order valence-electron chi connectivity index (χ0n) is 12.6. The molecule has 1 aliphatic heterocycles. The maximum atomic E-state index is 12.3. The standard InChI is InChI=1S/C17H23NO3/c1-17(2)15(13-7-4-8-21-16(13)17)18-14(20)10-11-5-3-6-12(19)9-11/h3,5-6,9,13,15-16,19H,4,7-8,10H2,1-2H3,(H,18,20)/t13-,15-,16+/m1/s1. The van der Waals surface area contributed by atoms with E-state index in [4.69, 9.17) is 4.74 Å². The van der Waals surface area contributed by atoms with Gasteiger partial charge in [0.1, 0.15) is 5.75 Å². The Bertz CT molecular complexity index is 541. The van der Waals surface area contributed by atoms with Gasteiger partial charge in [-0.2, -0.15) is 0 Å². The molecule has 2 N–H and O–H groups in total. The van der Waals surface area contributed by atoms with Crippen molar-refractivity contribution < 1.29 is 14.6 Å². The maximum absolute atomic E-state index is 12.3. The Morgan fingerprint density at radius 1 is 1.48 bits per heavy atom. The van der Waals surface area contributed by atoms with E-state index in [1.165, 1.54) is 0 Å². The summed E-state index contributed by atoms with van der Waals surface area (Å²) in [5.41, 5.74) is 0.834. The van der Waals surface area contributed by atoms with Crippen LogP contribution in [0.15, 0.2) is 24.3 Å². The summed E-state index contributed by atoms with van der Waals surface area (Å²) in [4.78, 5) is 12.3. The van der Waals surface area contributed by atoms with Gasteiger partial charge in [-0.3, -0.25) is 4.79 Å². The van der Waals surface area contributed by atoms with E-state index in [2.05, 4.69) is 19.2 Å². The molecule has 3 atom stereocenters. The highest BCUT2D eigenvalue weighted by molar-refractivity contribution is 5.79. The van der Waals surface area contributed by atoms with Gasteiger partial charge in [-0.05, 0) is 30.5 Å². The van der Waals surface area contributed by atoms with Gasteiger partial charge < -0.3 is 15.2 Å². The molecule has 0 bridgehead atoms. The van der Waals surface area contributed by atoms with E-state index in [1.54, 1.807) is 18.2 Å².